The number of ether oxygens (including phenoxy) is 1. The van der Waals surface area contributed by atoms with Crippen LogP contribution in [0, 0.1) is 5.92 Å². The molecule has 0 aliphatic heterocycles. The van der Waals surface area contributed by atoms with Crippen molar-refractivity contribution in [1.29, 1.82) is 0 Å². The van der Waals surface area contributed by atoms with Gasteiger partial charge >= 0.3 is 0 Å². The van der Waals surface area contributed by atoms with Crippen LogP contribution in [0.4, 0.5) is 0 Å². The number of nitrogens with one attached hydrogen (secondary N) is 1. The Balaban J connectivity index is 2.88. The highest BCUT2D eigenvalue weighted by molar-refractivity contribution is 9.10. The Bertz CT molecular complexity index is 502. The minimum Gasteiger partial charge on any atom is -0.496 e. The van der Waals surface area contributed by atoms with E-state index in [4.69, 9.17) is 4.74 Å². The highest BCUT2D eigenvalue weighted by atomic mass is 79.9. The topological polar surface area (TPSA) is 55.4 Å². The SMILES string of the molecule is CCC(C)CNS(=O)(=O)c1ccc(OC)c(Br)c1. The minimum atomic E-state index is -3.45. The predicted octanol–water partition coefficient (Wildman–Crippen LogP) is 2.78. The summed E-state index contributed by atoms with van der Waals surface area (Å²) in [5, 5.41) is 0. The van der Waals surface area contributed by atoms with E-state index in [0.29, 0.717) is 22.7 Å². The van der Waals surface area contributed by atoms with Crippen molar-refractivity contribution in [2.75, 3.05) is 13.7 Å². The fraction of sp³-hybridized carbons (Fsp3) is 0.500. The monoisotopic (exact) mass is 335 g/mol. The lowest BCUT2D eigenvalue weighted by Crippen LogP contribution is -2.28. The molecule has 0 heterocycles. The van der Waals surface area contributed by atoms with Crippen LogP contribution in [0.15, 0.2) is 27.6 Å². The lowest BCUT2D eigenvalue weighted by atomic mass is 10.1. The molecule has 1 aromatic carbocycles. The molecule has 102 valence electrons. The summed E-state index contributed by atoms with van der Waals surface area (Å²) in [5.41, 5.74) is 0. The van der Waals surface area contributed by atoms with E-state index in [2.05, 4.69) is 20.7 Å². The van der Waals surface area contributed by atoms with E-state index in [-0.39, 0.29) is 4.90 Å². The maximum Gasteiger partial charge on any atom is 0.240 e. The first-order chi connectivity index (χ1) is 8.40. The van der Waals surface area contributed by atoms with E-state index in [9.17, 15) is 8.42 Å². The Morgan fingerprint density at radius 2 is 2.11 bits per heavy atom. The van der Waals surface area contributed by atoms with Gasteiger partial charge in [0.1, 0.15) is 5.75 Å². The van der Waals surface area contributed by atoms with Gasteiger partial charge in [-0.05, 0) is 40.0 Å². The molecule has 4 nitrogen and oxygen atoms in total. The van der Waals surface area contributed by atoms with Crippen molar-refractivity contribution in [1.82, 2.24) is 4.72 Å². The molecule has 0 saturated heterocycles. The van der Waals surface area contributed by atoms with Crippen LogP contribution in [-0.2, 0) is 10.0 Å². The zero-order chi connectivity index (χ0) is 13.8. The van der Waals surface area contributed by atoms with Crippen LogP contribution < -0.4 is 9.46 Å². The average Bonchev–Trinajstić information content (AvgIpc) is 2.35. The molecule has 0 aliphatic carbocycles. The van der Waals surface area contributed by atoms with Crippen molar-refractivity contribution in [3.05, 3.63) is 22.7 Å². The van der Waals surface area contributed by atoms with Gasteiger partial charge < -0.3 is 4.74 Å². The lowest BCUT2D eigenvalue weighted by molar-refractivity contribution is 0.411. The number of halogens is 1. The summed E-state index contributed by atoms with van der Waals surface area (Å²) in [5.74, 6) is 0.928. The molecule has 6 heteroatoms. The Hall–Kier alpha value is -0.590. The highest BCUT2D eigenvalue weighted by Gasteiger charge is 2.16. The summed E-state index contributed by atoms with van der Waals surface area (Å²) in [6.45, 7) is 4.48. The largest absolute Gasteiger partial charge is 0.496 e. The van der Waals surface area contributed by atoms with Crippen LogP contribution in [0.2, 0.25) is 0 Å². The molecule has 1 aromatic rings. The molecule has 0 aromatic heterocycles. The second-order valence-electron chi connectivity index (χ2n) is 4.16. The maximum atomic E-state index is 12.0. The van der Waals surface area contributed by atoms with Crippen molar-refractivity contribution in [2.24, 2.45) is 5.92 Å². The molecule has 18 heavy (non-hydrogen) atoms. The molecular formula is C12H18BrNO3S. The molecule has 1 rings (SSSR count). The summed E-state index contributed by atoms with van der Waals surface area (Å²) in [6, 6.07) is 4.70. The van der Waals surface area contributed by atoms with Crippen LogP contribution in [0.5, 0.6) is 5.75 Å². The number of sulfonamides is 1. The van der Waals surface area contributed by atoms with Gasteiger partial charge in [0, 0.05) is 6.54 Å². The Morgan fingerprint density at radius 1 is 1.44 bits per heavy atom. The van der Waals surface area contributed by atoms with E-state index in [1.807, 2.05) is 13.8 Å². The molecule has 1 unspecified atom stereocenters. The molecule has 0 spiro atoms. The Morgan fingerprint density at radius 3 is 2.61 bits per heavy atom. The van der Waals surface area contributed by atoms with Gasteiger partial charge in [-0.25, -0.2) is 13.1 Å². The van der Waals surface area contributed by atoms with Gasteiger partial charge in [0.15, 0.2) is 0 Å². The van der Waals surface area contributed by atoms with Crippen molar-refractivity contribution in [2.45, 2.75) is 25.2 Å². The average molecular weight is 336 g/mol. The molecule has 0 bridgehead atoms. The van der Waals surface area contributed by atoms with Gasteiger partial charge in [-0.3, -0.25) is 0 Å². The summed E-state index contributed by atoms with van der Waals surface area (Å²) < 4.78 is 32.4. The molecule has 1 N–H and O–H groups in total. The van der Waals surface area contributed by atoms with Gasteiger partial charge in [0.05, 0.1) is 16.5 Å². The Kier molecular flexibility index (Phi) is 5.62. The molecule has 0 aliphatic rings. The molecule has 0 fully saturated rings. The second-order valence-corrected chi connectivity index (χ2v) is 6.78. The van der Waals surface area contributed by atoms with Crippen LogP contribution in [-0.4, -0.2) is 22.1 Å². The van der Waals surface area contributed by atoms with Crippen LogP contribution in [0.1, 0.15) is 20.3 Å². The minimum absolute atomic E-state index is 0.235. The molecule has 0 radical (unpaired) electrons. The van der Waals surface area contributed by atoms with Gasteiger partial charge in [-0.15, -0.1) is 0 Å². The zero-order valence-electron chi connectivity index (χ0n) is 10.7. The first-order valence-electron chi connectivity index (χ1n) is 5.74. The van der Waals surface area contributed by atoms with Gasteiger partial charge in [0.2, 0.25) is 10.0 Å². The van der Waals surface area contributed by atoms with Gasteiger partial charge in [0.25, 0.3) is 0 Å². The first kappa shape index (κ1) is 15.5. The number of methoxy groups -OCH3 is 1. The molecule has 0 saturated carbocycles. The fourth-order valence-corrected chi connectivity index (χ4v) is 3.18. The van der Waals surface area contributed by atoms with Crippen LogP contribution >= 0.6 is 15.9 Å². The first-order valence-corrected chi connectivity index (χ1v) is 8.01. The number of hydrogen-bond donors (Lipinski definition) is 1. The smallest absolute Gasteiger partial charge is 0.240 e. The number of hydrogen-bond acceptors (Lipinski definition) is 3. The van der Waals surface area contributed by atoms with E-state index >= 15 is 0 Å². The quantitative estimate of drug-likeness (QED) is 0.869. The third-order valence-corrected chi connectivity index (χ3v) is 4.79. The van der Waals surface area contributed by atoms with Crippen molar-refractivity contribution in [3.63, 3.8) is 0 Å². The van der Waals surface area contributed by atoms with E-state index in [1.165, 1.54) is 19.2 Å². The van der Waals surface area contributed by atoms with Gasteiger partial charge in [-0.1, -0.05) is 20.3 Å². The second kappa shape index (κ2) is 6.54. The van der Waals surface area contributed by atoms with Crippen molar-refractivity contribution >= 4 is 26.0 Å². The van der Waals surface area contributed by atoms with Crippen molar-refractivity contribution in [3.8, 4) is 5.75 Å². The normalized spacial score (nSPS) is 13.3. The number of rotatable bonds is 6. The van der Waals surface area contributed by atoms with Gasteiger partial charge in [-0.2, -0.15) is 0 Å². The summed E-state index contributed by atoms with van der Waals surface area (Å²) in [6.07, 6.45) is 0.939. The van der Waals surface area contributed by atoms with E-state index in [0.717, 1.165) is 6.42 Å². The maximum absolute atomic E-state index is 12.0. The van der Waals surface area contributed by atoms with E-state index in [1.54, 1.807) is 6.07 Å². The highest BCUT2D eigenvalue weighted by Crippen LogP contribution is 2.27. The fourth-order valence-electron chi connectivity index (χ4n) is 1.29. The molecule has 0 amide bonds. The zero-order valence-corrected chi connectivity index (χ0v) is 13.1. The Labute approximate surface area is 117 Å². The summed E-state index contributed by atoms with van der Waals surface area (Å²) >= 11 is 3.28. The molecule has 1 atom stereocenters. The third kappa shape index (κ3) is 3.96. The lowest BCUT2D eigenvalue weighted by Gasteiger charge is -2.12. The molecular weight excluding hydrogens is 318 g/mol. The van der Waals surface area contributed by atoms with Crippen LogP contribution in [0.25, 0.3) is 0 Å². The summed E-state index contributed by atoms with van der Waals surface area (Å²) in [4.78, 5) is 0.235. The van der Waals surface area contributed by atoms with Crippen LogP contribution in [0.3, 0.4) is 0 Å². The standard InChI is InChI=1S/C12H18BrNO3S/c1-4-9(2)8-14-18(15,16)10-5-6-12(17-3)11(13)7-10/h5-7,9,14H,4,8H2,1-3H3. The third-order valence-electron chi connectivity index (χ3n) is 2.75. The van der Waals surface area contributed by atoms with E-state index < -0.39 is 10.0 Å². The van der Waals surface area contributed by atoms with Crippen molar-refractivity contribution < 1.29 is 13.2 Å². The summed E-state index contributed by atoms with van der Waals surface area (Å²) in [7, 11) is -1.91. The number of benzene rings is 1. The predicted molar refractivity (Wildman–Crippen MR) is 75.3 cm³/mol.